The fourth-order valence-electron chi connectivity index (χ4n) is 1.51. The van der Waals surface area contributed by atoms with Crippen LogP contribution >= 0.6 is 24.2 Å². The predicted molar refractivity (Wildman–Crippen MR) is 74.2 cm³/mol. The molecule has 0 fully saturated rings. The van der Waals surface area contributed by atoms with Crippen LogP contribution in [0.15, 0.2) is 47.4 Å². The second-order valence-electron chi connectivity index (χ2n) is 3.83. The quantitative estimate of drug-likeness (QED) is 0.681. The fraction of sp³-hybridized carbons (Fsp3) is 0.0714. The average Bonchev–Trinajstić information content (AvgIpc) is 2.40. The Labute approximate surface area is 120 Å². The van der Waals surface area contributed by atoms with Crippen molar-refractivity contribution in [2.45, 2.75) is 11.5 Å². The summed E-state index contributed by atoms with van der Waals surface area (Å²) >= 11 is 9.99. The molecule has 5 heteroatoms. The number of carbonyl (C=O) groups excluding carboxylic acids is 1. The average molecular weight is 297 g/mol. The van der Waals surface area contributed by atoms with Gasteiger partial charge in [-0.05, 0) is 24.3 Å². The Morgan fingerprint density at radius 2 is 2.00 bits per heavy atom. The van der Waals surface area contributed by atoms with Crippen molar-refractivity contribution in [1.82, 2.24) is 0 Å². The minimum atomic E-state index is -0.742. The Balaban J connectivity index is 2.10. The van der Waals surface area contributed by atoms with E-state index >= 15 is 0 Å². The number of benzene rings is 2. The highest BCUT2D eigenvalue weighted by atomic mass is 35.5. The third kappa shape index (κ3) is 3.49. The van der Waals surface area contributed by atoms with Gasteiger partial charge >= 0.3 is 5.97 Å². The molecule has 0 aliphatic carbocycles. The first-order valence-electron chi connectivity index (χ1n) is 5.47. The molecule has 2 aromatic rings. The van der Waals surface area contributed by atoms with Crippen molar-refractivity contribution in [1.29, 1.82) is 0 Å². The molecule has 0 saturated heterocycles. The van der Waals surface area contributed by atoms with Gasteiger partial charge < -0.3 is 4.74 Å². The van der Waals surface area contributed by atoms with Crippen molar-refractivity contribution in [2.24, 2.45) is 0 Å². The van der Waals surface area contributed by atoms with Gasteiger partial charge in [-0.1, -0.05) is 29.8 Å². The van der Waals surface area contributed by atoms with Crippen molar-refractivity contribution < 1.29 is 13.9 Å². The molecule has 0 heterocycles. The highest BCUT2D eigenvalue weighted by Crippen LogP contribution is 2.18. The molecule has 2 rings (SSSR count). The van der Waals surface area contributed by atoms with Crippen molar-refractivity contribution in [3.8, 4) is 0 Å². The van der Waals surface area contributed by atoms with Gasteiger partial charge in [0.05, 0.1) is 5.56 Å². The van der Waals surface area contributed by atoms with Gasteiger partial charge in [0.15, 0.2) is 0 Å². The highest BCUT2D eigenvalue weighted by molar-refractivity contribution is 7.80. The second kappa shape index (κ2) is 6.08. The van der Waals surface area contributed by atoms with E-state index in [9.17, 15) is 9.18 Å². The number of hydrogen-bond donors (Lipinski definition) is 1. The Hall–Kier alpha value is -1.52. The van der Waals surface area contributed by atoms with E-state index in [1.807, 2.05) is 0 Å². The van der Waals surface area contributed by atoms with Gasteiger partial charge in [-0.2, -0.15) is 0 Å². The van der Waals surface area contributed by atoms with Crippen molar-refractivity contribution in [3.05, 3.63) is 64.4 Å². The molecule has 19 heavy (non-hydrogen) atoms. The number of ether oxygens (including phenoxy) is 1. The second-order valence-corrected chi connectivity index (χ2v) is 4.76. The fourth-order valence-corrected chi connectivity index (χ4v) is 1.90. The first kappa shape index (κ1) is 13.9. The molecule has 98 valence electrons. The van der Waals surface area contributed by atoms with E-state index in [0.29, 0.717) is 15.5 Å². The summed E-state index contributed by atoms with van der Waals surface area (Å²) in [5, 5.41) is 0.499. The monoisotopic (exact) mass is 296 g/mol. The van der Waals surface area contributed by atoms with Crippen molar-refractivity contribution in [2.75, 3.05) is 0 Å². The van der Waals surface area contributed by atoms with E-state index in [0.717, 1.165) is 0 Å². The van der Waals surface area contributed by atoms with Gasteiger partial charge in [0.25, 0.3) is 0 Å². The summed E-state index contributed by atoms with van der Waals surface area (Å²) in [5.41, 5.74) is 0.527. The molecule has 0 saturated carbocycles. The summed E-state index contributed by atoms with van der Waals surface area (Å²) in [4.78, 5) is 12.3. The molecule has 0 N–H and O–H groups in total. The molecule has 0 bridgehead atoms. The number of rotatable bonds is 3. The first-order chi connectivity index (χ1) is 9.08. The molecule has 0 radical (unpaired) electrons. The molecule has 0 aliphatic rings. The lowest BCUT2D eigenvalue weighted by atomic mass is 10.2. The lowest BCUT2D eigenvalue weighted by molar-refractivity contribution is 0.0467. The van der Waals surface area contributed by atoms with E-state index in [2.05, 4.69) is 12.6 Å². The summed E-state index contributed by atoms with van der Waals surface area (Å²) in [7, 11) is 0. The van der Waals surface area contributed by atoms with Crippen LogP contribution in [0.5, 0.6) is 0 Å². The third-order valence-corrected chi connectivity index (χ3v) is 3.13. The summed E-state index contributed by atoms with van der Waals surface area (Å²) in [6.07, 6.45) is 0. The van der Waals surface area contributed by atoms with Gasteiger partial charge in [-0.15, -0.1) is 12.6 Å². The Bertz CT molecular complexity index is 616. The number of carbonyl (C=O) groups is 1. The topological polar surface area (TPSA) is 26.3 Å². The SMILES string of the molecule is O=C(OCc1ccccc1Cl)c1cc(S)ccc1F. The summed E-state index contributed by atoms with van der Waals surface area (Å²) in [6.45, 7) is -0.00521. The van der Waals surface area contributed by atoms with E-state index < -0.39 is 11.8 Å². The van der Waals surface area contributed by atoms with Gasteiger partial charge in [0.1, 0.15) is 12.4 Å². The smallest absolute Gasteiger partial charge is 0.341 e. The van der Waals surface area contributed by atoms with Crippen LogP contribution in [-0.4, -0.2) is 5.97 Å². The number of thiol groups is 1. The van der Waals surface area contributed by atoms with E-state index in [-0.39, 0.29) is 12.2 Å². The molecule has 0 atom stereocenters. The van der Waals surface area contributed by atoms with E-state index in [1.54, 1.807) is 24.3 Å². The van der Waals surface area contributed by atoms with Gasteiger partial charge in [-0.25, -0.2) is 9.18 Å². The summed E-state index contributed by atoms with van der Waals surface area (Å²) in [5.74, 6) is -1.38. The minimum Gasteiger partial charge on any atom is -0.457 e. The van der Waals surface area contributed by atoms with Crippen LogP contribution in [0.3, 0.4) is 0 Å². The Morgan fingerprint density at radius 3 is 2.74 bits per heavy atom. The molecule has 0 spiro atoms. The maximum Gasteiger partial charge on any atom is 0.341 e. The molecule has 0 aliphatic heterocycles. The summed E-state index contributed by atoms with van der Waals surface area (Å²) in [6, 6.07) is 11.0. The Morgan fingerprint density at radius 1 is 1.26 bits per heavy atom. The number of esters is 1. The molecular formula is C14H10ClFO2S. The Kier molecular flexibility index (Phi) is 4.45. The van der Waals surface area contributed by atoms with E-state index in [1.165, 1.54) is 18.2 Å². The highest BCUT2D eigenvalue weighted by Gasteiger charge is 2.14. The zero-order chi connectivity index (χ0) is 13.8. The summed E-state index contributed by atoms with van der Waals surface area (Å²) < 4.78 is 18.5. The molecule has 0 aromatic heterocycles. The maximum atomic E-state index is 13.5. The van der Waals surface area contributed by atoms with E-state index in [4.69, 9.17) is 16.3 Å². The van der Waals surface area contributed by atoms with Crippen molar-refractivity contribution in [3.63, 3.8) is 0 Å². The molecule has 2 aromatic carbocycles. The normalized spacial score (nSPS) is 10.3. The van der Waals surface area contributed by atoms with Gasteiger partial charge in [0.2, 0.25) is 0 Å². The zero-order valence-corrected chi connectivity index (χ0v) is 11.4. The van der Waals surface area contributed by atoms with Crippen LogP contribution in [0, 0.1) is 5.82 Å². The number of hydrogen-bond acceptors (Lipinski definition) is 3. The van der Waals surface area contributed by atoms with Crippen LogP contribution in [0.25, 0.3) is 0 Å². The van der Waals surface area contributed by atoms with Gasteiger partial charge in [0, 0.05) is 15.5 Å². The van der Waals surface area contributed by atoms with Crippen LogP contribution < -0.4 is 0 Å². The minimum absolute atomic E-state index is 0.00521. The van der Waals surface area contributed by atoms with Crippen LogP contribution in [0.4, 0.5) is 4.39 Å². The predicted octanol–water partition coefficient (Wildman–Crippen LogP) is 4.12. The number of halogens is 2. The zero-order valence-electron chi connectivity index (χ0n) is 9.77. The molecule has 0 unspecified atom stereocenters. The largest absolute Gasteiger partial charge is 0.457 e. The molecule has 2 nitrogen and oxygen atoms in total. The van der Waals surface area contributed by atoms with Crippen LogP contribution in [0.1, 0.15) is 15.9 Å². The lowest BCUT2D eigenvalue weighted by Crippen LogP contribution is -2.07. The third-order valence-electron chi connectivity index (χ3n) is 2.49. The standard InChI is InChI=1S/C14H10ClFO2S/c15-12-4-2-1-3-9(12)8-18-14(17)11-7-10(19)5-6-13(11)16/h1-7,19H,8H2. The van der Waals surface area contributed by atoms with Gasteiger partial charge in [-0.3, -0.25) is 0 Å². The molecule has 0 amide bonds. The lowest BCUT2D eigenvalue weighted by Gasteiger charge is -2.07. The first-order valence-corrected chi connectivity index (χ1v) is 6.29. The molecular weight excluding hydrogens is 287 g/mol. The van der Waals surface area contributed by atoms with Crippen molar-refractivity contribution >= 4 is 30.2 Å². The maximum absolute atomic E-state index is 13.5. The van der Waals surface area contributed by atoms with Crippen LogP contribution in [-0.2, 0) is 11.3 Å². The van der Waals surface area contributed by atoms with Crippen LogP contribution in [0.2, 0.25) is 5.02 Å².